The molecule has 0 saturated heterocycles. The van der Waals surface area contributed by atoms with E-state index in [1.807, 2.05) is 31.2 Å². The van der Waals surface area contributed by atoms with Crippen molar-refractivity contribution in [1.82, 2.24) is 5.43 Å². The number of hydrogen-bond donors (Lipinski definition) is 1. The first kappa shape index (κ1) is 25.8. The maximum atomic E-state index is 13.3. The number of halogens is 8. The summed E-state index contributed by atoms with van der Waals surface area (Å²) in [5.74, 6) is -5.85. The van der Waals surface area contributed by atoms with Gasteiger partial charge in [-0.05, 0) is 53.0 Å². The third-order valence-electron chi connectivity index (χ3n) is 3.97. The molecule has 0 aliphatic rings. The van der Waals surface area contributed by atoms with Crippen LogP contribution in [0.25, 0.3) is 0 Å². The fraction of sp³-hybridized carbons (Fsp3) is 0.350. The summed E-state index contributed by atoms with van der Waals surface area (Å²) in [6.45, 7) is 4.00. The van der Waals surface area contributed by atoms with Crippen LogP contribution in [0, 0.1) is 6.92 Å². The highest BCUT2D eigenvalue weighted by molar-refractivity contribution is 9.10. The van der Waals surface area contributed by atoms with Crippen molar-refractivity contribution in [2.24, 2.45) is 5.10 Å². The van der Waals surface area contributed by atoms with Crippen molar-refractivity contribution < 1.29 is 40.2 Å². The van der Waals surface area contributed by atoms with Crippen molar-refractivity contribution in [2.45, 2.75) is 38.6 Å². The lowest BCUT2D eigenvalue weighted by atomic mass is 10.1. The monoisotopic (exact) mass is 530 g/mol. The Morgan fingerprint density at radius 1 is 1.03 bits per heavy atom. The largest absolute Gasteiger partial charge is 0.490 e. The van der Waals surface area contributed by atoms with Crippen molar-refractivity contribution in [1.29, 1.82) is 0 Å². The highest BCUT2D eigenvalue weighted by Crippen LogP contribution is 2.45. The molecule has 12 heteroatoms. The Hall–Kier alpha value is -2.50. The van der Waals surface area contributed by atoms with Crippen LogP contribution in [0.3, 0.4) is 0 Å². The van der Waals surface area contributed by atoms with E-state index in [1.165, 1.54) is 12.1 Å². The number of rotatable bonds is 9. The van der Waals surface area contributed by atoms with Crippen LogP contribution < -0.4 is 14.9 Å². The van der Waals surface area contributed by atoms with Crippen LogP contribution in [0.15, 0.2) is 46.0 Å². The molecule has 0 radical (unpaired) electrons. The minimum absolute atomic E-state index is 0.0712. The first-order valence-corrected chi connectivity index (χ1v) is 9.85. The Balaban J connectivity index is 2.21. The average Bonchev–Trinajstić information content (AvgIpc) is 2.66. The third-order valence-corrected chi connectivity index (χ3v) is 4.56. The SMILES string of the molecule is CCOc1cc(/C=N/NC(F)(F)C(F)(F)C(F)(F)F)cc(Br)c1OCc1cccc(C)c1. The average molecular weight is 531 g/mol. The van der Waals surface area contributed by atoms with Gasteiger partial charge in [0.15, 0.2) is 11.5 Å². The highest BCUT2D eigenvalue weighted by atomic mass is 79.9. The standard InChI is InChI=1S/C20H18BrF7N2O2/c1-3-31-16-9-14(10-29-30-20(27,28)18(22,23)19(24,25)26)8-15(21)17(16)32-11-13-6-4-5-12(2)7-13/h4-10,30H,3,11H2,1-2H3/b29-10+. The van der Waals surface area contributed by atoms with Crippen LogP contribution in [0.5, 0.6) is 11.5 Å². The number of ether oxygens (including phenoxy) is 2. The molecule has 0 atom stereocenters. The molecule has 0 aliphatic heterocycles. The number of nitrogens with zero attached hydrogens (tertiary/aromatic N) is 1. The van der Waals surface area contributed by atoms with Crippen LogP contribution >= 0.6 is 15.9 Å². The quantitative estimate of drug-likeness (QED) is 0.175. The van der Waals surface area contributed by atoms with Crippen LogP contribution in [0.4, 0.5) is 30.7 Å². The van der Waals surface area contributed by atoms with E-state index < -0.39 is 18.1 Å². The number of aryl methyl sites for hydroxylation is 1. The summed E-state index contributed by atoms with van der Waals surface area (Å²) in [7, 11) is 0. The lowest BCUT2D eigenvalue weighted by molar-refractivity contribution is -0.361. The lowest BCUT2D eigenvalue weighted by Gasteiger charge is -2.27. The van der Waals surface area contributed by atoms with Gasteiger partial charge in [0.2, 0.25) is 0 Å². The fourth-order valence-electron chi connectivity index (χ4n) is 2.46. The maximum absolute atomic E-state index is 13.3. The number of alkyl halides is 7. The van der Waals surface area contributed by atoms with Crippen molar-refractivity contribution in [3.05, 3.63) is 57.6 Å². The second-order valence-electron chi connectivity index (χ2n) is 6.56. The van der Waals surface area contributed by atoms with Gasteiger partial charge in [0.1, 0.15) is 6.61 Å². The van der Waals surface area contributed by atoms with E-state index in [1.54, 1.807) is 6.92 Å². The Morgan fingerprint density at radius 3 is 2.31 bits per heavy atom. The van der Waals surface area contributed by atoms with E-state index in [2.05, 4.69) is 21.0 Å². The first-order valence-electron chi connectivity index (χ1n) is 9.05. The molecule has 2 rings (SSSR count). The zero-order valence-corrected chi connectivity index (χ0v) is 18.3. The Labute approximate surface area is 187 Å². The lowest BCUT2D eigenvalue weighted by Crippen LogP contribution is -2.58. The second-order valence-corrected chi connectivity index (χ2v) is 7.41. The smallest absolute Gasteiger partial charge is 0.462 e. The Bertz CT molecular complexity index is 965. The molecule has 0 aliphatic carbocycles. The van der Waals surface area contributed by atoms with E-state index in [4.69, 9.17) is 9.47 Å². The van der Waals surface area contributed by atoms with E-state index in [9.17, 15) is 30.7 Å². The summed E-state index contributed by atoms with van der Waals surface area (Å²) in [4.78, 5) is 0. The fourth-order valence-corrected chi connectivity index (χ4v) is 3.03. The molecule has 0 amide bonds. The molecule has 0 aromatic heterocycles. The molecule has 0 heterocycles. The van der Waals surface area contributed by atoms with E-state index in [0.29, 0.717) is 16.1 Å². The predicted molar refractivity (Wildman–Crippen MR) is 108 cm³/mol. The van der Waals surface area contributed by atoms with Crippen LogP contribution in [0.1, 0.15) is 23.6 Å². The van der Waals surface area contributed by atoms with Gasteiger partial charge in [0.25, 0.3) is 0 Å². The molecule has 0 bridgehead atoms. The van der Waals surface area contributed by atoms with E-state index in [0.717, 1.165) is 11.1 Å². The normalized spacial score (nSPS) is 12.8. The van der Waals surface area contributed by atoms with Gasteiger partial charge in [0.05, 0.1) is 17.3 Å². The van der Waals surface area contributed by atoms with Crippen molar-refractivity contribution in [2.75, 3.05) is 6.61 Å². The highest BCUT2D eigenvalue weighted by Gasteiger charge is 2.73. The van der Waals surface area contributed by atoms with Crippen molar-refractivity contribution >= 4 is 22.1 Å². The molecule has 2 aromatic carbocycles. The van der Waals surface area contributed by atoms with Gasteiger partial charge in [-0.2, -0.15) is 35.8 Å². The Kier molecular flexibility index (Phi) is 8.02. The molecule has 4 nitrogen and oxygen atoms in total. The molecule has 0 unspecified atom stereocenters. The first-order chi connectivity index (χ1) is 14.8. The van der Waals surface area contributed by atoms with Crippen molar-refractivity contribution in [3.8, 4) is 11.5 Å². The zero-order valence-electron chi connectivity index (χ0n) is 16.7. The van der Waals surface area contributed by atoms with E-state index in [-0.39, 0.29) is 30.3 Å². The molecular formula is C20H18BrF7N2O2. The molecule has 0 spiro atoms. The summed E-state index contributed by atoms with van der Waals surface area (Å²) in [5.41, 5.74) is 2.55. The number of benzene rings is 2. The van der Waals surface area contributed by atoms with Crippen LogP contribution in [-0.4, -0.2) is 31.0 Å². The molecular weight excluding hydrogens is 513 g/mol. The van der Waals surface area contributed by atoms with Crippen LogP contribution in [0.2, 0.25) is 0 Å². The maximum Gasteiger partial charge on any atom is 0.462 e. The molecule has 2 aromatic rings. The molecule has 32 heavy (non-hydrogen) atoms. The second kappa shape index (κ2) is 9.97. The number of hydrazone groups is 1. The van der Waals surface area contributed by atoms with Gasteiger partial charge in [-0.3, -0.25) is 0 Å². The van der Waals surface area contributed by atoms with Gasteiger partial charge in [-0.25, -0.2) is 5.43 Å². The molecule has 0 fully saturated rings. The Morgan fingerprint density at radius 2 is 1.72 bits per heavy atom. The molecule has 1 N–H and O–H groups in total. The zero-order chi connectivity index (χ0) is 24.2. The topological polar surface area (TPSA) is 42.8 Å². The van der Waals surface area contributed by atoms with Crippen LogP contribution in [-0.2, 0) is 6.61 Å². The summed E-state index contributed by atoms with van der Waals surface area (Å²) >= 11 is 3.24. The summed E-state index contributed by atoms with van der Waals surface area (Å²) in [6.07, 6.45) is -5.81. The number of nitrogens with one attached hydrogen (secondary N) is 1. The minimum atomic E-state index is -6.46. The van der Waals surface area contributed by atoms with Gasteiger partial charge < -0.3 is 9.47 Å². The van der Waals surface area contributed by atoms with Gasteiger partial charge in [-0.1, -0.05) is 29.8 Å². The number of hydrogen-bond acceptors (Lipinski definition) is 4. The van der Waals surface area contributed by atoms with Gasteiger partial charge in [-0.15, -0.1) is 0 Å². The van der Waals surface area contributed by atoms with Gasteiger partial charge >= 0.3 is 18.1 Å². The summed E-state index contributed by atoms with van der Waals surface area (Å²) < 4.78 is 100. The molecule has 176 valence electrons. The van der Waals surface area contributed by atoms with E-state index >= 15 is 0 Å². The summed E-state index contributed by atoms with van der Waals surface area (Å²) in [5, 5.41) is 2.85. The minimum Gasteiger partial charge on any atom is -0.490 e. The van der Waals surface area contributed by atoms with Crippen molar-refractivity contribution in [3.63, 3.8) is 0 Å². The molecule has 0 saturated carbocycles. The van der Waals surface area contributed by atoms with Gasteiger partial charge in [0, 0.05) is 0 Å². The summed E-state index contributed by atoms with van der Waals surface area (Å²) in [6, 6.07) is 4.55. The third kappa shape index (κ3) is 6.05. The predicted octanol–water partition coefficient (Wildman–Crippen LogP) is 6.45.